The lowest BCUT2D eigenvalue weighted by Gasteiger charge is -2.35. The first-order valence-corrected chi connectivity index (χ1v) is 9.76. The van der Waals surface area contributed by atoms with Crippen molar-refractivity contribution in [3.63, 3.8) is 0 Å². The molecule has 1 spiro atoms. The molecule has 9 heteroatoms. The SMILES string of the molecule is O=C(c1ccco1)N1CCC2(C1)Cn1c(nn(C3CCCC3)c(=O)c1=O)CO2. The summed E-state index contributed by atoms with van der Waals surface area (Å²) >= 11 is 0. The summed E-state index contributed by atoms with van der Waals surface area (Å²) < 4.78 is 14.1. The fraction of sp³-hybridized carbons (Fsp3) is 0.579. The third-order valence-corrected chi connectivity index (χ3v) is 6.13. The highest BCUT2D eigenvalue weighted by atomic mass is 16.5. The second-order valence-electron chi connectivity index (χ2n) is 7.92. The van der Waals surface area contributed by atoms with E-state index in [4.69, 9.17) is 9.15 Å². The molecular weight excluding hydrogens is 364 g/mol. The summed E-state index contributed by atoms with van der Waals surface area (Å²) in [7, 11) is 0. The fourth-order valence-corrected chi connectivity index (χ4v) is 4.59. The van der Waals surface area contributed by atoms with Crippen LogP contribution in [0.15, 0.2) is 32.4 Å². The molecule has 9 nitrogen and oxygen atoms in total. The lowest BCUT2D eigenvalue weighted by molar-refractivity contribution is -0.0845. The third kappa shape index (κ3) is 2.72. The number of nitrogens with zero attached hydrogens (tertiary/aromatic N) is 4. The predicted molar refractivity (Wildman–Crippen MR) is 97.0 cm³/mol. The van der Waals surface area contributed by atoms with Crippen LogP contribution in [0.1, 0.15) is 54.5 Å². The van der Waals surface area contributed by atoms with Gasteiger partial charge in [-0.1, -0.05) is 12.8 Å². The van der Waals surface area contributed by atoms with E-state index < -0.39 is 16.7 Å². The molecule has 1 saturated carbocycles. The quantitative estimate of drug-likeness (QED) is 0.712. The second-order valence-corrected chi connectivity index (χ2v) is 7.92. The Labute approximate surface area is 160 Å². The van der Waals surface area contributed by atoms with E-state index in [1.807, 2.05) is 0 Å². The molecule has 148 valence electrons. The van der Waals surface area contributed by atoms with E-state index in [2.05, 4.69) is 5.10 Å². The summed E-state index contributed by atoms with van der Waals surface area (Å²) in [5.41, 5.74) is -1.78. The van der Waals surface area contributed by atoms with Crippen molar-refractivity contribution in [1.82, 2.24) is 19.2 Å². The number of furan rings is 1. The molecule has 0 N–H and O–H groups in total. The van der Waals surface area contributed by atoms with Crippen molar-refractivity contribution in [3.8, 4) is 0 Å². The number of aromatic nitrogens is 3. The zero-order valence-electron chi connectivity index (χ0n) is 15.5. The van der Waals surface area contributed by atoms with Gasteiger partial charge in [-0.05, 0) is 31.4 Å². The summed E-state index contributed by atoms with van der Waals surface area (Å²) in [4.78, 5) is 39.6. The van der Waals surface area contributed by atoms with Crippen molar-refractivity contribution in [1.29, 1.82) is 0 Å². The van der Waals surface area contributed by atoms with Gasteiger partial charge in [0.25, 0.3) is 5.91 Å². The molecule has 2 aromatic heterocycles. The van der Waals surface area contributed by atoms with Gasteiger partial charge in [-0.25, -0.2) is 4.68 Å². The minimum Gasteiger partial charge on any atom is -0.459 e. The molecule has 0 radical (unpaired) electrons. The van der Waals surface area contributed by atoms with Crippen LogP contribution in [0.4, 0.5) is 0 Å². The van der Waals surface area contributed by atoms with Gasteiger partial charge in [0.05, 0.1) is 25.4 Å². The van der Waals surface area contributed by atoms with Crippen molar-refractivity contribution in [3.05, 3.63) is 50.7 Å². The van der Waals surface area contributed by atoms with Gasteiger partial charge in [-0.2, -0.15) is 5.10 Å². The average molecular weight is 386 g/mol. The molecule has 1 saturated heterocycles. The maximum absolute atomic E-state index is 12.8. The van der Waals surface area contributed by atoms with E-state index in [-0.39, 0.29) is 30.9 Å². The molecular formula is C19H22N4O5. The lowest BCUT2D eigenvalue weighted by Crippen LogP contribution is -2.53. The molecule has 2 aliphatic heterocycles. The molecule has 1 amide bonds. The van der Waals surface area contributed by atoms with Gasteiger partial charge < -0.3 is 14.1 Å². The van der Waals surface area contributed by atoms with Gasteiger partial charge in [0, 0.05) is 6.54 Å². The normalized spacial score (nSPS) is 24.8. The Bertz CT molecular complexity index is 1020. The molecule has 0 aromatic carbocycles. The van der Waals surface area contributed by atoms with Gasteiger partial charge in [-0.15, -0.1) is 0 Å². The van der Waals surface area contributed by atoms with Crippen molar-refractivity contribution in [2.24, 2.45) is 0 Å². The third-order valence-electron chi connectivity index (χ3n) is 6.13. The Morgan fingerprint density at radius 1 is 1.18 bits per heavy atom. The fourth-order valence-electron chi connectivity index (χ4n) is 4.59. The number of hydrogen-bond acceptors (Lipinski definition) is 6. The largest absolute Gasteiger partial charge is 0.459 e. The van der Waals surface area contributed by atoms with Crippen LogP contribution in [-0.2, 0) is 17.9 Å². The smallest absolute Gasteiger partial charge is 0.332 e. The highest BCUT2D eigenvalue weighted by molar-refractivity contribution is 5.91. The first-order valence-electron chi connectivity index (χ1n) is 9.76. The molecule has 28 heavy (non-hydrogen) atoms. The Balaban J connectivity index is 1.41. The van der Waals surface area contributed by atoms with E-state index in [0.717, 1.165) is 25.7 Å². The lowest BCUT2D eigenvalue weighted by atomic mass is 10.0. The molecule has 5 rings (SSSR count). The first-order chi connectivity index (χ1) is 13.6. The van der Waals surface area contributed by atoms with E-state index in [1.54, 1.807) is 17.0 Å². The van der Waals surface area contributed by atoms with E-state index in [0.29, 0.717) is 25.3 Å². The minimum atomic E-state index is -0.674. The highest BCUT2D eigenvalue weighted by Crippen LogP contribution is 2.32. The molecule has 2 fully saturated rings. The van der Waals surface area contributed by atoms with Crippen LogP contribution in [-0.4, -0.2) is 43.8 Å². The van der Waals surface area contributed by atoms with Crippen LogP contribution in [0.25, 0.3) is 0 Å². The van der Waals surface area contributed by atoms with Crippen molar-refractivity contribution < 1.29 is 13.9 Å². The number of ether oxygens (including phenoxy) is 1. The number of carbonyl (C=O) groups excluding carboxylic acids is 1. The summed E-state index contributed by atoms with van der Waals surface area (Å²) in [5, 5.41) is 4.45. The van der Waals surface area contributed by atoms with Gasteiger partial charge in [-0.3, -0.25) is 19.0 Å². The van der Waals surface area contributed by atoms with Crippen molar-refractivity contribution >= 4 is 5.91 Å². The average Bonchev–Trinajstić information content (AvgIpc) is 3.47. The van der Waals surface area contributed by atoms with E-state index >= 15 is 0 Å². The van der Waals surface area contributed by atoms with E-state index in [1.165, 1.54) is 15.5 Å². The number of likely N-dealkylation sites (tertiary alicyclic amines) is 1. The van der Waals surface area contributed by atoms with Gasteiger partial charge >= 0.3 is 11.1 Å². The zero-order valence-corrected chi connectivity index (χ0v) is 15.5. The van der Waals surface area contributed by atoms with Crippen LogP contribution in [0.5, 0.6) is 0 Å². The first kappa shape index (κ1) is 17.4. The zero-order chi connectivity index (χ0) is 19.3. The summed E-state index contributed by atoms with van der Waals surface area (Å²) in [6.45, 7) is 1.25. The van der Waals surface area contributed by atoms with Crippen molar-refractivity contribution in [2.75, 3.05) is 13.1 Å². The number of hydrogen-bond donors (Lipinski definition) is 0. The van der Waals surface area contributed by atoms with Crippen LogP contribution < -0.4 is 11.1 Å². The summed E-state index contributed by atoms with van der Waals surface area (Å²) in [5.74, 6) is 0.572. The molecule has 1 unspecified atom stereocenters. The summed E-state index contributed by atoms with van der Waals surface area (Å²) in [6.07, 6.45) is 5.92. The maximum Gasteiger partial charge on any atom is 0.332 e. The van der Waals surface area contributed by atoms with Gasteiger partial charge in [0.2, 0.25) is 0 Å². The molecule has 0 bridgehead atoms. The molecule has 1 atom stereocenters. The second kappa shape index (κ2) is 6.44. The Morgan fingerprint density at radius 3 is 2.75 bits per heavy atom. The van der Waals surface area contributed by atoms with Gasteiger partial charge in [0.15, 0.2) is 11.6 Å². The Kier molecular flexibility index (Phi) is 4.01. The summed E-state index contributed by atoms with van der Waals surface area (Å²) in [6, 6.07) is 3.31. The van der Waals surface area contributed by atoms with Gasteiger partial charge in [0.1, 0.15) is 12.2 Å². The van der Waals surface area contributed by atoms with E-state index in [9.17, 15) is 14.4 Å². The maximum atomic E-state index is 12.8. The monoisotopic (exact) mass is 386 g/mol. The number of rotatable bonds is 2. The highest BCUT2D eigenvalue weighted by Gasteiger charge is 2.45. The Morgan fingerprint density at radius 2 is 2.00 bits per heavy atom. The minimum absolute atomic E-state index is 0.00914. The van der Waals surface area contributed by atoms with Crippen LogP contribution in [0, 0.1) is 0 Å². The topological polar surface area (TPSA) is 99.6 Å². The van der Waals surface area contributed by atoms with Crippen LogP contribution >= 0.6 is 0 Å². The Hall–Kier alpha value is -2.68. The van der Waals surface area contributed by atoms with Crippen LogP contribution in [0.2, 0.25) is 0 Å². The molecule has 4 heterocycles. The molecule has 3 aliphatic rings. The number of carbonyl (C=O) groups is 1. The van der Waals surface area contributed by atoms with Crippen LogP contribution in [0.3, 0.4) is 0 Å². The number of fused-ring (bicyclic) bond motifs is 1. The molecule has 1 aliphatic carbocycles. The number of amides is 1. The van der Waals surface area contributed by atoms with Crippen molar-refractivity contribution in [2.45, 2.75) is 56.9 Å². The standard InChI is InChI=1S/C19H22N4O5/c24-16(14-6-3-9-27-14)21-8-7-19(11-21)12-22-15(10-28-19)20-23(18(26)17(22)25)13-4-1-2-5-13/h3,6,9,13H,1-2,4-5,7-8,10-12H2. The molecule has 2 aromatic rings. The predicted octanol–water partition coefficient (Wildman–Crippen LogP) is 0.928.